The number of fused-ring (bicyclic) bond motifs is 2. The third-order valence-electron chi connectivity index (χ3n) is 7.70. The summed E-state index contributed by atoms with van der Waals surface area (Å²) in [5.74, 6) is 2.31. The van der Waals surface area contributed by atoms with Crippen LogP contribution in [-0.2, 0) is 0 Å². The van der Waals surface area contributed by atoms with Crippen molar-refractivity contribution in [2.24, 2.45) is 17.8 Å². The topological polar surface area (TPSA) is 96.4 Å². The standard InChI is InChI=1S/C22H32N4O3/c1-2-29-20-17(12-23-21(26-20)24-16-4-3-5-16)19(27)25-18-9-13-6-7-22(28)10-14(13)8-15(18)11-22/h12-16,18,28H,2-11H2,1H3,(H,25,27)(H,23,24,26)/t13?,14?,15?,18-,22-/m1/s1. The number of nitrogens with zero attached hydrogens (tertiary/aromatic N) is 2. The van der Waals surface area contributed by atoms with Gasteiger partial charge in [-0.15, -0.1) is 0 Å². The molecule has 1 aromatic heterocycles. The van der Waals surface area contributed by atoms with Crippen molar-refractivity contribution in [1.82, 2.24) is 15.3 Å². The van der Waals surface area contributed by atoms with E-state index >= 15 is 0 Å². The average Bonchev–Trinajstić information content (AvgIpc) is 2.65. The molecule has 1 heterocycles. The second-order valence-electron chi connectivity index (χ2n) is 9.62. The summed E-state index contributed by atoms with van der Waals surface area (Å²) in [6.45, 7) is 2.34. The van der Waals surface area contributed by atoms with Crippen LogP contribution in [0.1, 0.15) is 75.1 Å². The molecule has 0 radical (unpaired) electrons. The fourth-order valence-corrected chi connectivity index (χ4v) is 6.00. The number of carbonyl (C=O) groups excluding carboxylic acids is 1. The predicted octanol–water partition coefficient (Wildman–Crippen LogP) is 2.90. The number of rotatable bonds is 6. The molecule has 5 atom stereocenters. The van der Waals surface area contributed by atoms with E-state index in [1.165, 1.54) is 6.42 Å². The molecule has 4 aliphatic carbocycles. The Morgan fingerprint density at radius 2 is 2.07 bits per heavy atom. The van der Waals surface area contributed by atoms with Gasteiger partial charge in [-0.1, -0.05) is 0 Å². The summed E-state index contributed by atoms with van der Waals surface area (Å²) in [7, 11) is 0. The van der Waals surface area contributed by atoms with Crippen molar-refractivity contribution in [3.05, 3.63) is 11.8 Å². The molecule has 0 spiro atoms. The molecule has 1 aromatic rings. The Hall–Kier alpha value is -1.89. The van der Waals surface area contributed by atoms with Crippen LogP contribution in [0.2, 0.25) is 0 Å². The smallest absolute Gasteiger partial charge is 0.258 e. The Labute approximate surface area is 172 Å². The number of nitrogens with one attached hydrogen (secondary N) is 2. The van der Waals surface area contributed by atoms with Crippen LogP contribution in [0.4, 0.5) is 5.95 Å². The van der Waals surface area contributed by atoms with E-state index in [1.54, 1.807) is 6.20 Å². The normalized spacial score (nSPS) is 35.7. The largest absolute Gasteiger partial charge is 0.477 e. The Bertz CT molecular complexity index is 783. The van der Waals surface area contributed by atoms with Crippen LogP contribution >= 0.6 is 0 Å². The summed E-state index contributed by atoms with van der Waals surface area (Å²) in [5, 5.41) is 17.4. The van der Waals surface area contributed by atoms with Crippen molar-refractivity contribution in [2.45, 2.75) is 82.4 Å². The van der Waals surface area contributed by atoms with Gasteiger partial charge in [-0.2, -0.15) is 4.98 Å². The Balaban J connectivity index is 1.31. The molecule has 7 heteroatoms. The zero-order chi connectivity index (χ0) is 20.0. The van der Waals surface area contributed by atoms with E-state index in [0.29, 0.717) is 47.8 Å². The zero-order valence-corrected chi connectivity index (χ0v) is 17.2. The van der Waals surface area contributed by atoms with Crippen LogP contribution in [0.25, 0.3) is 0 Å². The first-order chi connectivity index (χ1) is 14.0. The summed E-state index contributed by atoms with van der Waals surface area (Å²) in [5.41, 5.74) is -0.116. The molecule has 158 valence electrons. The quantitative estimate of drug-likeness (QED) is 0.679. The molecule has 29 heavy (non-hydrogen) atoms. The fraction of sp³-hybridized carbons (Fsp3) is 0.773. The maximum absolute atomic E-state index is 13.1. The SMILES string of the molecule is CCOc1nc(NC2CCC2)ncc1C(=O)N[C@@H]1CC2CC[C@@]3(O)CC2CC1C3. The highest BCUT2D eigenvalue weighted by Gasteiger charge is 2.51. The van der Waals surface area contributed by atoms with Gasteiger partial charge in [0.05, 0.1) is 12.2 Å². The third-order valence-corrected chi connectivity index (χ3v) is 7.70. The molecule has 3 unspecified atom stereocenters. The van der Waals surface area contributed by atoms with E-state index in [-0.39, 0.29) is 11.9 Å². The van der Waals surface area contributed by atoms with Gasteiger partial charge in [-0.05, 0) is 82.5 Å². The highest BCUT2D eigenvalue weighted by atomic mass is 16.5. The molecular weight excluding hydrogens is 368 g/mol. The molecule has 0 saturated heterocycles. The van der Waals surface area contributed by atoms with E-state index in [2.05, 4.69) is 20.6 Å². The lowest BCUT2D eigenvalue weighted by atomic mass is 9.54. The van der Waals surface area contributed by atoms with Crippen molar-refractivity contribution in [2.75, 3.05) is 11.9 Å². The minimum atomic E-state index is -0.512. The van der Waals surface area contributed by atoms with Crippen molar-refractivity contribution in [3.8, 4) is 5.88 Å². The minimum absolute atomic E-state index is 0.109. The molecule has 0 aliphatic heterocycles. The lowest BCUT2D eigenvalue weighted by Crippen LogP contribution is -2.56. The lowest BCUT2D eigenvalue weighted by Gasteiger charge is -2.55. The van der Waals surface area contributed by atoms with Crippen molar-refractivity contribution in [3.63, 3.8) is 0 Å². The summed E-state index contributed by atoms with van der Waals surface area (Å²) in [4.78, 5) is 21.9. The summed E-state index contributed by atoms with van der Waals surface area (Å²) in [6, 6.07) is 0.532. The van der Waals surface area contributed by atoms with Crippen LogP contribution in [0, 0.1) is 17.8 Å². The summed E-state index contributed by atoms with van der Waals surface area (Å²) < 4.78 is 5.68. The molecule has 4 fully saturated rings. The van der Waals surface area contributed by atoms with Gasteiger partial charge in [0.25, 0.3) is 5.91 Å². The van der Waals surface area contributed by atoms with E-state index in [0.717, 1.165) is 51.4 Å². The third kappa shape index (κ3) is 3.69. The molecule has 4 saturated carbocycles. The summed E-state index contributed by atoms with van der Waals surface area (Å²) >= 11 is 0. The first kappa shape index (κ1) is 19.1. The lowest BCUT2D eigenvalue weighted by molar-refractivity contribution is -0.115. The van der Waals surface area contributed by atoms with E-state index in [9.17, 15) is 9.90 Å². The molecule has 7 nitrogen and oxygen atoms in total. The van der Waals surface area contributed by atoms with Crippen LogP contribution in [0.15, 0.2) is 6.20 Å². The molecule has 0 aromatic carbocycles. The first-order valence-corrected chi connectivity index (χ1v) is 11.3. The number of ether oxygens (including phenoxy) is 1. The number of hydrogen-bond donors (Lipinski definition) is 3. The number of aliphatic hydroxyl groups is 1. The second kappa shape index (κ2) is 7.42. The highest BCUT2D eigenvalue weighted by molar-refractivity contribution is 5.96. The Morgan fingerprint density at radius 3 is 2.83 bits per heavy atom. The molecule has 4 aliphatic rings. The van der Waals surface area contributed by atoms with E-state index in [4.69, 9.17) is 4.74 Å². The van der Waals surface area contributed by atoms with Gasteiger partial charge in [-0.25, -0.2) is 4.98 Å². The molecule has 3 bridgehead atoms. The van der Waals surface area contributed by atoms with Crippen molar-refractivity contribution in [1.29, 1.82) is 0 Å². The Kier molecular flexibility index (Phi) is 4.88. The van der Waals surface area contributed by atoms with Gasteiger partial charge in [-0.3, -0.25) is 4.79 Å². The fourth-order valence-electron chi connectivity index (χ4n) is 6.00. The second-order valence-corrected chi connectivity index (χ2v) is 9.62. The van der Waals surface area contributed by atoms with Gasteiger partial charge in [0.1, 0.15) is 5.56 Å². The maximum atomic E-state index is 13.1. The predicted molar refractivity (Wildman–Crippen MR) is 109 cm³/mol. The van der Waals surface area contributed by atoms with Crippen molar-refractivity contribution < 1.29 is 14.6 Å². The van der Waals surface area contributed by atoms with E-state index in [1.807, 2.05) is 6.92 Å². The van der Waals surface area contributed by atoms with E-state index < -0.39 is 5.60 Å². The highest BCUT2D eigenvalue weighted by Crippen LogP contribution is 2.54. The minimum Gasteiger partial charge on any atom is -0.477 e. The maximum Gasteiger partial charge on any atom is 0.258 e. The zero-order valence-electron chi connectivity index (χ0n) is 17.2. The van der Waals surface area contributed by atoms with Gasteiger partial charge < -0.3 is 20.5 Å². The van der Waals surface area contributed by atoms with Gasteiger partial charge >= 0.3 is 0 Å². The van der Waals surface area contributed by atoms with Crippen molar-refractivity contribution >= 4 is 11.9 Å². The summed E-state index contributed by atoms with van der Waals surface area (Å²) in [6.07, 6.45) is 11.0. The number of hydrogen-bond acceptors (Lipinski definition) is 6. The van der Waals surface area contributed by atoms with Gasteiger partial charge in [0, 0.05) is 18.3 Å². The Morgan fingerprint density at radius 1 is 1.24 bits per heavy atom. The first-order valence-electron chi connectivity index (χ1n) is 11.3. The number of amides is 1. The molecule has 5 rings (SSSR count). The number of anilines is 1. The van der Waals surface area contributed by atoms with Gasteiger partial charge in [0.2, 0.25) is 11.8 Å². The monoisotopic (exact) mass is 400 g/mol. The van der Waals surface area contributed by atoms with Crippen LogP contribution in [0.3, 0.4) is 0 Å². The molecule has 1 amide bonds. The number of aromatic nitrogens is 2. The van der Waals surface area contributed by atoms with Gasteiger partial charge in [0.15, 0.2) is 0 Å². The van der Waals surface area contributed by atoms with Crippen LogP contribution < -0.4 is 15.4 Å². The van der Waals surface area contributed by atoms with Crippen LogP contribution in [0.5, 0.6) is 5.88 Å². The average molecular weight is 401 g/mol. The van der Waals surface area contributed by atoms with Crippen LogP contribution in [-0.4, -0.2) is 45.3 Å². The molecule has 3 N–H and O–H groups in total. The molecular formula is C22H32N4O3. The number of carbonyl (C=O) groups is 1.